The molecule has 1 aliphatic rings. The molecule has 0 aromatic heterocycles. The highest BCUT2D eigenvalue weighted by Crippen LogP contribution is 2.28. The molecule has 3 nitrogen and oxygen atoms in total. The van der Waals surface area contributed by atoms with Gasteiger partial charge < -0.3 is 9.80 Å². The molecule has 2 rings (SSSR count). The van der Waals surface area contributed by atoms with Crippen molar-refractivity contribution in [3.8, 4) is 0 Å². The van der Waals surface area contributed by atoms with Crippen molar-refractivity contribution in [2.75, 3.05) is 30.9 Å². The van der Waals surface area contributed by atoms with Crippen LogP contribution in [0.4, 0.5) is 5.69 Å². The van der Waals surface area contributed by atoms with Crippen LogP contribution in [0.5, 0.6) is 0 Å². The average molecular weight is 311 g/mol. The van der Waals surface area contributed by atoms with Crippen molar-refractivity contribution in [1.82, 2.24) is 4.90 Å². The molecule has 0 unspecified atom stereocenters. The second-order valence-corrected chi connectivity index (χ2v) is 5.66. The number of alkyl halides is 1. The third-order valence-corrected chi connectivity index (χ3v) is 3.54. The number of anilines is 1. The molecule has 0 N–H and O–H groups in total. The first-order valence-electron chi connectivity index (χ1n) is 6.28. The fraction of sp³-hybridized carbons (Fsp3) is 0.500. The number of amides is 1. The van der Waals surface area contributed by atoms with Crippen molar-refractivity contribution < 1.29 is 4.79 Å². The van der Waals surface area contributed by atoms with E-state index < -0.39 is 0 Å². The summed E-state index contributed by atoms with van der Waals surface area (Å²) in [5.41, 5.74) is 1.85. The average Bonchev–Trinajstić information content (AvgIpc) is 3.19. The summed E-state index contributed by atoms with van der Waals surface area (Å²) in [6, 6.07) is 8.29. The summed E-state index contributed by atoms with van der Waals surface area (Å²) >= 11 is 3.42. The Kier molecular flexibility index (Phi) is 4.27. The molecule has 0 bridgehead atoms. The zero-order valence-corrected chi connectivity index (χ0v) is 12.5. The summed E-state index contributed by atoms with van der Waals surface area (Å²) in [6.07, 6.45) is 2.29. The minimum absolute atomic E-state index is 0.153. The number of rotatable bonds is 5. The van der Waals surface area contributed by atoms with Gasteiger partial charge in [-0.25, -0.2) is 0 Å². The van der Waals surface area contributed by atoms with Crippen LogP contribution in [0, 0.1) is 0 Å². The number of halogens is 1. The first-order valence-corrected chi connectivity index (χ1v) is 7.40. The third-order valence-electron chi connectivity index (χ3n) is 3.18. The van der Waals surface area contributed by atoms with Crippen LogP contribution in [0.15, 0.2) is 24.3 Å². The Bertz CT molecular complexity index is 430. The molecule has 0 atom stereocenters. The van der Waals surface area contributed by atoms with Crippen molar-refractivity contribution in [2.24, 2.45) is 0 Å². The van der Waals surface area contributed by atoms with Gasteiger partial charge in [-0.1, -0.05) is 22.0 Å². The van der Waals surface area contributed by atoms with Crippen LogP contribution in [0.25, 0.3) is 0 Å². The van der Waals surface area contributed by atoms with Gasteiger partial charge in [0.15, 0.2) is 0 Å². The maximum Gasteiger partial charge on any atom is 0.254 e. The fourth-order valence-corrected chi connectivity index (χ4v) is 2.39. The summed E-state index contributed by atoms with van der Waals surface area (Å²) in [5, 5.41) is 0.836. The first kappa shape index (κ1) is 13.4. The van der Waals surface area contributed by atoms with Crippen LogP contribution < -0.4 is 4.90 Å². The summed E-state index contributed by atoms with van der Waals surface area (Å²) in [6.45, 7) is 0.787. The molecule has 1 amide bonds. The van der Waals surface area contributed by atoms with E-state index in [9.17, 15) is 4.79 Å². The molecule has 1 aromatic carbocycles. The molecule has 98 valence electrons. The molecule has 1 fully saturated rings. The van der Waals surface area contributed by atoms with E-state index >= 15 is 0 Å². The Hall–Kier alpha value is -1.03. The number of nitrogens with zero attached hydrogens (tertiary/aromatic N) is 2. The molecular formula is C14H19BrN2O. The van der Waals surface area contributed by atoms with E-state index in [2.05, 4.69) is 15.9 Å². The largest absolute Gasteiger partial charge is 0.378 e. The molecule has 0 aliphatic heterocycles. The Morgan fingerprint density at radius 1 is 1.39 bits per heavy atom. The number of hydrogen-bond donors (Lipinski definition) is 0. The van der Waals surface area contributed by atoms with E-state index in [0.29, 0.717) is 6.04 Å². The van der Waals surface area contributed by atoms with E-state index in [4.69, 9.17) is 0 Å². The van der Waals surface area contributed by atoms with Crippen molar-refractivity contribution in [3.05, 3.63) is 29.8 Å². The Balaban J connectivity index is 2.18. The predicted octanol–water partition coefficient (Wildman–Crippen LogP) is 2.75. The van der Waals surface area contributed by atoms with Gasteiger partial charge in [0.2, 0.25) is 0 Å². The number of carbonyl (C=O) groups excluding carboxylic acids is 1. The van der Waals surface area contributed by atoms with Crippen LogP contribution in [0.2, 0.25) is 0 Å². The minimum Gasteiger partial charge on any atom is -0.378 e. The molecule has 18 heavy (non-hydrogen) atoms. The molecule has 0 radical (unpaired) electrons. The van der Waals surface area contributed by atoms with Gasteiger partial charge in [-0.3, -0.25) is 4.79 Å². The van der Waals surface area contributed by atoms with Crippen molar-refractivity contribution >= 4 is 27.5 Å². The second-order valence-electron chi connectivity index (χ2n) is 4.86. The second kappa shape index (κ2) is 5.74. The highest BCUT2D eigenvalue weighted by Gasteiger charge is 2.32. The summed E-state index contributed by atoms with van der Waals surface area (Å²) in [5.74, 6) is 0.153. The van der Waals surface area contributed by atoms with Gasteiger partial charge in [-0.2, -0.15) is 0 Å². The molecular weight excluding hydrogens is 292 g/mol. The van der Waals surface area contributed by atoms with Crippen LogP contribution >= 0.6 is 15.9 Å². The standard InChI is InChI=1S/C14H19BrN2O/c1-16(2)13-5-3-4-11(10-13)14(18)17(9-8-15)12-6-7-12/h3-5,10,12H,6-9H2,1-2H3. The fourth-order valence-electron chi connectivity index (χ4n) is 2.01. The number of benzene rings is 1. The third kappa shape index (κ3) is 3.05. The van der Waals surface area contributed by atoms with Crippen LogP contribution in [0.1, 0.15) is 23.2 Å². The van der Waals surface area contributed by atoms with Crippen LogP contribution in [-0.2, 0) is 0 Å². The lowest BCUT2D eigenvalue weighted by molar-refractivity contribution is 0.0754. The van der Waals surface area contributed by atoms with Crippen LogP contribution in [-0.4, -0.2) is 42.8 Å². The molecule has 1 saturated carbocycles. The Labute approximate surface area is 117 Å². The Morgan fingerprint density at radius 3 is 2.67 bits per heavy atom. The van der Waals surface area contributed by atoms with Crippen molar-refractivity contribution in [3.63, 3.8) is 0 Å². The molecule has 0 saturated heterocycles. The molecule has 1 aliphatic carbocycles. The Morgan fingerprint density at radius 2 is 2.11 bits per heavy atom. The zero-order valence-electron chi connectivity index (χ0n) is 10.9. The van der Waals surface area contributed by atoms with Gasteiger partial charge in [-0.05, 0) is 31.0 Å². The van der Waals surface area contributed by atoms with Gasteiger partial charge in [0.1, 0.15) is 0 Å². The smallest absolute Gasteiger partial charge is 0.254 e. The lowest BCUT2D eigenvalue weighted by Crippen LogP contribution is -2.34. The first-order chi connectivity index (χ1) is 8.63. The topological polar surface area (TPSA) is 23.6 Å². The highest BCUT2D eigenvalue weighted by atomic mass is 79.9. The maximum absolute atomic E-state index is 12.5. The van der Waals surface area contributed by atoms with Gasteiger partial charge in [0.05, 0.1) is 0 Å². The van der Waals surface area contributed by atoms with Crippen molar-refractivity contribution in [2.45, 2.75) is 18.9 Å². The summed E-state index contributed by atoms with van der Waals surface area (Å²) < 4.78 is 0. The molecule has 0 heterocycles. The monoisotopic (exact) mass is 310 g/mol. The predicted molar refractivity (Wildman–Crippen MR) is 78.6 cm³/mol. The van der Waals surface area contributed by atoms with E-state index in [1.165, 1.54) is 0 Å². The quantitative estimate of drug-likeness (QED) is 0.781. The maximum atomic E-state index is 12.5. The highest BCUT2D eigenvalue weighted by molar-refractivity contribution is 9.09. The van der Waals surface area contributed by atoms with Gasteiger partial charge in [-0.15, -0.1) is 0 Å². The molecule has 1 aromatic rings. The lowest BCUT2D eigenvalue weighted by Gasteiger charge is -2.22. The molecule has 4 heteroatoms. The normalized spacial score (nSPS) is 14.4. The van der Waals surface area contributed by atoms with Crippen LogP contribution in [0.3, 0.4) is 0 Å². The number of carbonyl (C=O) groups is 1. The summed E-state index contributed by atoms with van der Waals surface area (Å²) in [7, 11) is 3.97. The van der Waals surface area contributed by atoms with E-state index in [-0.39, 0.29) is 5.91 Å². The zero-order chi connectivity index (χ0) is 13.1. The minimum atomic E-state index is 0.153. The lowest BCUT2D eigenvalue weighted by atomic mass is 10.1. The van der Waals surface area contributed by atoms with E-state index in [1.54, 1.807) is 0 Å². The number of hydrogen-bond acceptors (Lipinski definition) is 2. The van der Waals surface area contributed by atoms with Gasteiger partial charge >= 0.3 is 0 Å². The summed E-state index contributed by atoms with van der Waals surface area (Å²) in [4.78, 5) is 16.5. The van der Waals surface area contributed by atoms with Gasteiger partial charge in [0, 0.05) is 43.3 Å². The van der Waals surface area contributed by atoms with Crippen molar-refractivity contribution in [1.29, 1.82) is 0 Å². The SMILES string of the molecule is CN(C)c1cccc(C(=O)N(CCBr)C2CC2)c1. The molecule has 0 spiro atoms. The van der Waals surface area contributed by atoms with E-state index in [1.807, 2.05) is 48.2 Å². The van der Waals surface area contributed by atoms with Gasteiger partial charge in [0.25, 0.3) is 5.91 Å². The van der Waals surface area contributed by atoms with E-state index in [0.717, 1.165) is 36.0 Å².